The number of alkyl halides is 3. The van der Waals surface area contributed by atoms with Crippen LogP contribution in [0.4, 0.5) is 19.0 Å². The van der Waals surface area contributed by atoms with Crippen LogP contribution in [-0.2, 0) is 6.18 Å². The molecule has 16 heavy (non-hydrogen) atoms. The van der Waals surface area contributed by atoms with Crippen molar-refractivity contribution in [3.05, 3.63) is 23.2 Å². The van der Waals surface area contributed by atoms with Gasteiger partial charge in [0.05, 0.1) is 0 Å². The van der Waals surface area contributed by atoms with E-state index in [1.807, 2.05) is 0 Å². The first-order valence-electron chi connectivity index (χ1n) is 4.22. The number of anilines is 1. The summed E-state index contributed by atoms with van der Waals surface area (Å²) in [5.41, 5.74) is -0.896. The summed E-state index contributed by atoms with van der Waals surface area (Å²) in [7, 11) is 1.53. The largest absolute Gasteiger partial charge is 0.434 e. The molecule has 0 amide bonds. The highest BCUT2D eigenvalue weighted by molar-refractivity contribution is 6.29. The Kier molecular flexibility index (Phi) is 2.42. The lowest BCUT2D eigenvalue weighted by atomic mass is 10.5. The molecule has 2 heterocycles. The molecule has 0 spiro atoms. The Morgan fingerprint density at radius 1 is 1.31 bits per heavy atom. The fourth-order valence-corrected chi connectivity index (χ4v) is 1.46. The van der Waals surface area contributed by atoms with Crippen molar-refractivity contribution >= 4 is 23.1 Å². The second-order valence-electron chi connectivity index (χ2n) is 3.02. The van der Waals surface area contributed by atoms with E-state index in [-0.39, 0.29) is 16.6 Å². The van der Waals surface area contributed by atoms with Gasteiger partial charge in [-0.2, -0.15) is 13.2 Å². The van der Waals surface area contributed by atoms with Gasteiger partial charge >= 0.3 is 6.18 Å². The predicted octanol–water partition coefficient (Wildman–Crippen LogP) is 2.44. The number of imidazole rings is 1. The molecule has 0 aliphatic rings. The van der Waals surface area contributed by atoms with Crippen molar-refractivity contribution in [1.82, 2.24) is 14.4 Å². The first kappa shape index (κ1) is 11.0. The molecule has 0 fully saturated rings. The van der Waals surface area contributed by atoms with E-state index in [0.717, 1.165) is 6.20 Å². The van der Waals surface area contributed by atoms with E-state index < -0.39 is 11.9 Å². The van der Waals surface area contributed by atoms with Crippen LogP contribution >= 0.6 is 11.6 Å². The Balaban J connectivity index is 2.70. The van der Waals surface area contributed by atoms with Gasteiger partial charge in [0.2, 0.25) is 0 Å². The first-order valence-corrected chi connectivity index (χ1v) is 4.60. The van der Waals surface area contributed by atoms with Crippen molar-refractivity contribution < 1.29 is 13.2 Å². The van der Waals surface area contributed by atoms with Gasteiger partial charge in [-0.3, -0.25) is 0 Å². The highest BCUT2D eigenvalue weighted by Gasteiger charge is 2.34. The van der Waals surface area contributed by atoms with Gasteiger partial charge in [-0.15, -0.1) is 0 Å². The zero-order valence-corrected chi connectivity index (χ0v) is 8.76. The molecular weight excluding hydrogens is 245 g/mol. The predicted molar refractivity (Wildman–Crippen MR) is 52.5 cm³/mol. The van der Waals surface area contributed by atoms with Crippen molar-refractivity contribution in [3.8, 4) is 0 Å². The lowest BCUT2D eigenvalue weighted by Gasteiger charge is -2.01. The Morgan fingerprint density at radius 3 is 2.56 bits per heavy atom. The number of fused-ring (bicyclic) bond motifs is 1. The lowest BCUT2D eigenvalue weighted by Crippen LogP contribution is -2.04. The molecule has 0 unspecified atom stereocenters. The number of aromatic nitrogens is 3. The molecule has 0 aliphatic carbocycles. The number of halogens is 4. The second-order valence-corrected chi connectivity index (χ2v) is 3.40. The van der Waals surface area contributed by atoms with E-state index in [4.69, 9.17) is 11.6 Å². The van der Waals surface area contributed by atoms with Crippen LogP contribution in [0.15, 0.2) is 12.4 Å². The Labute approximate surface area is 93.1 Å². The molecule has 0 radical (unpaired) electrons. The van der Waals surface area contributed by atoms with Gasteiger partial charge < -0.3 is 9.72 Å². The number of nitrogens with one attached hydrogen (secondary N) is 1. The van der Waals surface area contributed by atoms with Crippen LogP contribution < -0.4 is 5.32 Å². The van der Waals surface area contributed by atoms with Crippen LogP contribution in [0.1, 0.15) is 5.69 Å². The molecule has 2 aromatic heterocycles. The monoisotopic (exact) mass is 250 g/mol. The summed E-state index contributed by atoms with van der Waals surface area (Å²) in [6.45, 7) is 0. The number of nitrogens with zero attached hydrogens (tertiary/aromatic N) is 3. The van der Waals surface area contributed by atoms with Crippen LogP contribution in [0, 0.1) is 0 Å². The molecule has 2 aromatic rings. The first-order chi connectivity index (χ1) is 7.41. The molecule has 1 N–H and O–H groups in total. The van der Waals surface area contributed by atoms with E-state index in [9.17, 15) is 13.2 Å². The summed E-state index contributed by atoms with van der Waals surface area (Å²) >= 11 is 5.65. The van der Waals surface area contributed by atoms with Crippen molar-refractivity contribution in [3.63, 3.8) is 0 Å². The molecule has 8 heteroatoms. The van der Waals surface area contributed by atoms with Crippen molar-refractivity contribution in [2.24, 2.45) is 0 Å². The molecule has 0 aliphatic heterocycles. The fourth-order valence-electron chi connectivity index (χ4n) is 1.27. The summed E-state index contributed by atoms with van der Waals surface area (Å²) in [6, 6.07) is 0. The molecule has 0 bridgehead atoms. The zero-order valence-electron chi connectivity index (χ0n) is 8.01. The Hall–Kier alpha value is -1.50. The van der Waals surface area contributed by atoms with E-state index >= 15 is 0 Å². The van der Waals surface area contributed by atoms with Crippen LogP contribution in [0.3, 0.4) is 0 Å². The molecule has 86 valence electrons. The van der Waals surface area contributed by atoms with Gasteiger partial charge in [0.25, 0.3) is 0 Å². The summed E-state index contributed by atoms with van der Waals surface area (Å²) in [5, 5.41) is 2.72. The summed E-state index contributed by atoms with van der Waals surface area (Å²) in [4.78, 5) is 7.27. The smallest absolute Gasteiger partial charge is 0.370 e. The van der Waals surface area contributed by atoms with Gasteiger partial charge in [-0.25, -0.2) is 9.97 Å². The fraction of sp³-hybridized carbons (Fsp3) is 0.250. The maximum absolute atomic E-state index is 12.4. The zero-order chi connectivity index (χ0) is 11.9. The lowest BCUT2D eigenvalue weighted by molar-refractivity contribution is -0.140. The Bertz CT molecular complexity index is 534. The van der Waals surface area contributed by atoms with Crippen LogP contribution in [0.5, 0.6) is 0 Å². The summed E-state index contributed by atoms with van der Waals surface area (Å²) in [6.07, 6.45) is -2.35. The van der Waals surface area contributed by atoms with Crippen molar-refractivity contribution in [1.29, 1.82) is 0 Å². The van der Waals surface area contributed by atoms with Crippen LogP contribution in [-0.4, -0.2) is 21.4 Å². The van der Waals surface area contributed by atoms with E-state index in [1.165, 1.54) is 17.6 Å². The van der Waals surface area contributed by atoms with Crippen LogP contribution in [0.2, 0.25) is 5.15 Å². The number of rotatable bonds is 1. The van der Waals surface area contributed by atoms with Crippen LogP contribution in [0.25, 0.3) is 5.65 Å². The molecule has 0 atom stereocenters. The van der Waals surface area contributed by atoms with Gasteiger partial charge in [0.15, 0.2) is 17.2 Å². The van der Waals surface area contributed by atoms with Gasteiger partial charge in [-0.1, -0.05) is 11.6 Å². The highest BCUT2D eigenvalue weighted by Crippen LogP contribution is 2.29. The third-order valence-corrected chi connectivity index (χ3v) is 2.12. The van der Waals surface area contributed by atoms with Gasteiger partial charge in [-0.05, 0) is 0 Å². The minimum absolute atomic E-state index is 0.0826. The number of hydrogen-bond acceptors (Lipinski definition) is 3. The van der Waals surface area contributed by atoms with Gasteiger partial charge in [0.1, 0.15) is 5.15 Å². The summed E-state index contributed by atoms with van der Waals surface area (Å²) < 4.78 is 38.4. The molecular formula is C8H6ClF3N4. The Morgan fingerprint density at radius 2 is 2.00 bits per heavy atom. The number of hydrogen-bond donors (Lipinski definition) is 1. The normalized spacial score (nSPS) is 12.1. The summed E-state index contributed by atoms with van der Waals surface area (Å²) in [5.74, 6) is 0.197. The van der Waals surface area contributed by atoms with Crippen molar-refractivity contribution in [2.75, 3.05) is 12.4 Å². The third-order valence-electron chi connectivity index (χ3n) is 1.94. The minimum Gasteiger partial charge on any atom is -0.370 e. The quantitative estimate of drug-likeness (QED) is 0.845. The second kappa shape index (κ2) is 3.51. The topological polar surface area (TPSA) is 42.2 Å². The molecule has 0 saturated carbocycles. The molecule has 0 aromatic carbocycles. The van der Waals surface area contributed by atoms with E-state index in [1.54, 1.807) is 0 Å². The standard InChI is InChI=1S/C8H6ClF3N4/c1-13-6-7-14-4(8(10,11)12)2-16(7)3-5(9)15-6/h2-3H,1H3,(H,13,15). The minimum atomic E-state index is -4.48. The van der Waals surface area contributed by atoms with E-state index in [2.05, 4.69) is 15.3 Å². The average molecular weight is 251 g/mol. The van der Waals surface area contributed by atoms with Gasteiger partial charge in [0, 0.05) is 19.4 Å². The van der Waals surface area contributed by atoms with E-state index in [0.29, 0.717) is 0 Å². The van der Waals surface area contributed by atoms with Crippen molar-refractivity contribution in [2.45, 2.75) is 6.18 Å². The SMILES string of the molecule is CNc1nc(Cl)cn2cc(C(F)(F)F)nc12. The average Bonchev–Trinajstić information content (AvgIpc) is 2.59. The maximum atomic E-state index is 12.4. The molecule has 2 rings (SSSR count). The highest BCUT2D eigenvalue weighted by atomic mass is 35.5. The maximum Gasteiger partial charge on any atom is 0.434 e. The molecule has 4 nitrogen and oxygen atoms in total. The molecule has 0 saturated heterocycles. The third kappa shape index (κ3) is 1.78.